The predicted octanol–water partition coefficient (Wildman–Crippen LogP) is 4.47. The largest absolute Gasteiger partial charge is 0.348 e. The number of likely N-dealkylation sites (tertiary alicyclic amines) is 1. The molecule has 1 saturated heterocycles. The average molecular weight is 421 g/mol. The lowest BCUT2D eigenvalue weighted by atomic mass is 10.1. The van der Waals surface area contributed by atoms with Crippen molar-refractivity contribution in [1.29, 1.82) is 5.26 Å². The minimum absolute atomic E-state index is 0.205. The Balaban J connectivity index is 1.41. The Bertz CT molecular complexity index is 941. The smallest absolute Gasteiger partial charge is 0.253 e. The molecule has 0 spiro atoms. The Morgan fingerprint density at radius 1 is 1.20 bits per heavy atom. The van der Waals surface area contributed by atoms with Crippen molar-refractivity contribution in [3.05, 3.63) is 58.3 Å². The van der Waals surface area contributed by atoms with Gasteiger partial charge >= 0.3 is 0 Å². The number of pyridine rings is 1. The Hall–Kier alpha value is -2.36. The highest BCUT2D eigenvalue weighted by atomic mass is 32.2. The lowest BCUT2D eigenvalue weighted by Crippen LogP contribution is -2.29. The number of nitrogens with one attached hydrogen (secondary N) is 1. The molecular formula is C24H28N4OS. The summed E-state index contributed by atoms with van der Waals surface area (Å²) in [5, 5.41) is 13.2. The number of nitrogens with zero attached hydrogens (tertiary/aromatic N) is 3. The fourth-order valence-corrected chi connectivity index (χ4v) is 4.54. The maximum Gasteiger partial charge on any atom is 0.253 e. The van der Waals surface area contributed by atoms with Gasteiger partial charge in [0, 0.05) is 24.7 Å². The highest BCUT2D eigenvalue weighted by Crippen LogP contribution is 2.40. The highest BCUT2D eigenvalue weighted by Gasteiger charge is 2.28. The van der Waals surface area contributed by atoms with Gasteiger partial charge in [0.25, 0.3) is 5.91 Å². The van der Waals surface area contributed by atoms with Crippen molar-refractivity contribution < 1.29 is 4.79 Å². The van der Waals surface area contributed by atoms with E-state index in [4.69, 9.17) is 0 Å². The summed E-state index contributed by atoms with van der Waals surface area (Å²) in [5.41, 5.74) is 4.13. The molecule has 1 amide bonds. The van der Waals surface area contributed by atoms with E-state index in [1.54, 1.807) is 0 Å². The molecule has 30 heavy (non-hydrogen) atoms. The number of hydrogen-bond donors (Lipinski definition) is 1. The van der Waals surface area contributed by atoms with E-state index in [2.05, 4.69) is 45.5 Å². The number of hydrogen-bond acceptors (Lipinski definition) is 5. The molecule has 156 valence electrons. The number of thioether (sulfide) groups is 1. The summed E-state index contributed by atoms with van der Waals surface area (Å²) in [7, 11) is 0. The van der Waals surface area contributed by atoms with E-state index in [-0.39, 0.29) is 5.91 Å². The van der Waals surface area contributed by atoms with Crippen LogP contribution in [0.2, 0.25) is 0 Å². The SMILES string of the molecule is CSc1nc(C2CC2)cc(C(=O)NCc2ccc(CN3CCCCC3)cc2)c1C#N. The Morgan fingerprint density at radius 2 is 1.90 bits per heavy atom. The van der Waals surface area contributed by atoms with E-state index in [9.17, 15) is 10.1 Å². The van der Waals surface area contributed by atoms with Crippen LogP contribution in [0.3, 0.4) is 0 Å². The van der Waals surface area contributed by atoms with Gasteiger partial charge in [0.2, 0.25) is 0 Å². The number of carbonyl (C=O) groups is 1. The predicted molar refractivity (Wildman–Crippen MR) is 119 cm³/mol. The molecule has 1 N–H and O–H groups in total. The molecular weight excluding hydrogens is 392 g/mol. The molecule has 6 heteroatoms. The van der Waals surface area contributed by atoms with Crippen molar-refractivity contribution in [3.63, 3.8) is 0 Å². The molecule has 1 saturated carbocycles. The second kappa shape index (κ2) is 9.63. The summed E-state index contributed by atoms with van der Waals surface area (Å²) in [5.74, 6) is 0.228. The zero-order chi connectivity index (χ0) is 20.9. The summed E-state index contributed by atoms with van der Waals surface area (Å²) in [6.07, 6.45) is 8.05. The van der Waals surface area contributed by atoms with Gasteiger partial charge in [-0.2, -0.15) is 5.26 Å². The standard InChI is InChI=1S/C24H28N4OS/c1-30-24-21(14-25)20(13-22(27-24)19-9-10-19)23(29)26-15-17-5-7-18(8-6-17)16-28-11-3-2-4-12-28/h5-8,13,19H,2-4,9-12,15-16H2,1H3,(H,26,29). The first-order valence-corrected chi connectivity index (χ1v) is 12.0. The van der Waals surface area contributed by atoms with Gasteiger partial charge in [-0.3, -0.25) is 9.69 Å². The normalized spacial score (nSPS) is 16.8. The summed E-state index contributed by atoms with van der Waals surface area (Å²) < 4.78 is 0. The summed E-state index contributed by atoms with van der Waals surface area (Å²) in [6, 6.07) is 12.5. The fraction of sp³-hybridized carbons (Fsp3) is 0.458. The van der Waals surface area contributed by atoms with Gasteiger partial charge in [0.05, 0.1) is 11.1 Å². The van der Waals surface area contributed by atoms with Gasteiger partial charge in [-0.25, -0.2) is 4.98 Å². The van der Waals surface area contributed by atoms with Crippen LogP contribution in [0.15, 0.2) is 35.4 Å². The van der Waals surface area contributed by atoms with Crippen molar-refractivity contribution in [1.82, 2.24) is 15.2 Å². The van der Waals surface area contributed by atoms with Crippen LogP contribution in [0.5, 0.6) is 0 Å². The van der Waals surface area contributed by atoms with E-state index >= 15 is 0 Å². The molecule has 2 fully saturated rings. The number of piperidine rings is 1. The van der Waals surface area contributed by atoms with Crippen molar-refractivity contribution >= 4 is 17.7 Å². The number of rotatable bonds is 7. The van der Waals surface area contributed by atoms with Crippen molar-refractivity contribution in [2.24, 2.45) is 0 Å². The second-order valence-corrected chi connectivity index (χ2v) is 9.00. The molecule has 2 aliphatic rings. The van der Waals surface area contributed by atoms with Crippen LogP contribution in [-0.2, 0) is 13.1 Å². The number of aromatic nitrogens is 1. The highest BCUT2D eigenvalue weighted by molar-refractivity contribution is 7.98. The van der Waals surface area contributed by atoms with E-state index in [1.165, 1.54) is 49.7 Å². The summed E-state index contributed by atoms with van der Waals surface area (Å²) >= 11 is 1.42. The maximum absolute atomic E-state index is 12.9. The third-order valence-corrected chi connectivity index (χ3v) is 6.56. The van der Waals surface area contributed by atoms with E-state index < -0.39 is 0 Å². The van der Waals surface area contributed by atoms with Gasteiger partial charge in [-0.1, -0.05) is 30.7 Å². The quantitative estimate of drug-likeness (QED) is 0.670. The zero-order valence-electron chi connectivity index (χ0n) is 17.5. The second-order valence-electron chi connectivity index (χ2n) is 8.20. The average Bonchev–Trinajstić information content (AvgIpc) is 3.63. The van der Waals surface area contributed by atoms with Crippen LogP contribution in [0, 0.1) is 11.3 Å². The lowest BCUT2D eigenvalue weighted by molar-refractivity contribution is 0.0950. The van der Waals surface area contributed by atoms with Crippen LogP contribution in [0.4, 0.5) is 0 Å². The topological polar surface area (TPSA) is 69.0 Å². The third kappa shape index (κ3) is 5.03. The molecule has 5 nitrogen and oxygen atoms in total. The fourth-order valence-electron chi connectivity index (χ4n) is 3.98. The van der Waals surface area contributed by atoms with Gasteiger partial charge in [-0.05, 0) is 62.2 Å². The first-order valence-electron chi connectivity index (χ1n) is 10.8. The maximum atomic E-state index is 12.9. The molecule has 2 aromatic rings. The first kappa shape index (κ1) is 20.9. The van der Waals surface area contributed by atoms with Gasteiger partial charge in [-0.15, -0.1) is 11.8 Å². The van der Waals surface area contributed by atoms with Crippen molar-refractivity contribution in [3.8, 4) is 6.07 Å². The molecule has 1 aliphatic carbocycles. The van der Waals surface area contributed by atoms with E-state index in [1.807, 2.05) is 12.3 Å². The molecule has 2 heterocycles. The number of nitriles is 1. The zero-order valence-corrected chi connectivity index (χ0v) is 18.3. The molecule has 4 rings (SSSR count). The Kier molecular flexibility index (Phi) is 6.71. The van der Waals surface area contributed by atoms with Crippen LogP contribution in [0.1, 0.15) is 70.8 Å². The number of carbonyl (C=O) groups excluding carboxylic acids is 1. The first-order chi connectivity index (χ1) is 14.7. The van der Waals surface area contributed by atoms with E-state index in [0.29, 0.717) is 28.6 Å². The Labute approximate surface area is 182 Å². The van der Waals surface area contributed by atoms with Crippen LogP contribution in [-0.4, -0.2) is 35.1 Å². The van der Waals surface area contributed by atoms with Gasteiger partial charge in [0.15, 0.2) is 0 Å². The summed E-state index contributed by atoms with van der Waals surface area (Å²) in [6.45, 7) is 3.82. The molecule has 1 aromatic heterocycles. The van der Waals surface area contributed by atoms with Crippen molar-refractivity contribution in [2.75, 3.05) is 19.3 Å². The monoisotopic (exact) mass is 420 g/mol. The lowest BCUT2D eigenvalue weighted by Gasteiger charge is -2.26. The molecule has 0 atom stereocenters. The third-order valence-electron chi connectivity index (χ3n) is 5.88. The molecule has 1 aromatic carbocycles. The number of benzene rings is 1. The molecule has 1 aliphatic heterocycles. The molecule has 0 bridgehead atoms. The van der Waals surface area contributed by atoms with Gasteiger partial charge < -0.3 is 5.32 Å². The van der Waals surface area contributed by atoms with Crippen LogP contribution in [0.25, 0.3) is 0 Å². The summed E-state index contributed by atoms with van der Waals surface area (Å²) in [4.78, 5) is 20.0. The molecule has 0 unspecified atom stereocenters. The minimum atomic E-state index is -0.205. The van der Waals surface area contributed by atoms with Crippen LogP contribution >= 0.6 is 11.8 Å². The van der Waals surface area contributed by atoms with E-state index in [0.717, 1.165) is 30.6 Å². The Morgan fingerprint density at radius 3 is 2.53 bits per heavy atom. The van der Waals surface area contributed by atoms with Crippen molar-refractivity contribution in [2.45, 2.75) is 56.1 Å². The minimum Gasteiger partial charge on any atom is -0.348 e. The number of amides is 1. The van der Waals surface area contributed by atoms with Gasteiger partial charge in [0.1, 0.15) is 11.1 Å². The van der Waals surface area contributed by atoms with Crippen LogP contribution < -0.4 is 5.32 Å². The molecule has 0 radical (unpaired) electrons.